The van der Waals surface area contributed by atoms with Gasteiger partial charge in [0.05, 0.1) is 12.3 Å². The monoisotopic (exact) mass is 236 g/mol. The van der Waals surface area contributed by atoms with E-state index in [0.717, 1.165) is 16.6 Å². The maximum atomic E-state index is 4.99. The van der Waals surface area contributed by atoms with Crippen molar-refractivity contribution in [1.82, 2.24) is 20.2 Å². The predicted octanol–water partition coefficient (Wildman–Crippen LogP) is 1.40. The average molecular weight is 236 g/mol. The van der Waals surface area contributed by atoms with Crippen LogP contribution in [-0.2, 0) is 4.74 Å². The van der Waals surface area contributed by atoms with Gasteiger partial charge in [-0.2, -0.15) is 4.68 Å². The van der Waals surface area contributed by atoms with Crippen LogP contribution in [0.15, 0.2) is 35.5 Å². The van der Waals surface area contributed by atoms with E-state index in [1.165, 1.54) is 0 Å². The molecule has 1 aromatic carbocycles. The van der Waals surface area contributed by atoms with Crippen LogP contribution in [-0.4, -0.2) is 39.7 Å². The summed E-state index contributed by atoms with van der Waals surface area (Å²) >= 11 is 1.57. The normalized spacial score (nSPS) is 10.6. The number of methoxy groups -OCH3 is 1. The van der Waals surface area contributed by atoms with Crippen LogP contribution in [0.3, 0.4) is 0 Å². The minimum atomic E-state index is 0.687. The molecule has 0 atom stereocenters. The maximum absolute atomic E-state index is 4.99. The Labute approximate surface area is 97.8 Å². The number of aromatic nitrogens is 4. The quantitative estimate of drug-likeness (QED) is 0.580. The van der Waals surface area contributed by atoms with E-state index >= 15 is 0 Å². The van der Waals surface area contributed by atoms with Gasteiger partial charge in [-0.05, 0) is 22.6 Å². The fraction of sp³-hybridized carbons (Fsp3) is 0.300. The Hall–Kier alpha value is -1.40. The smallest absolute Gasteiger partial charge is 0.214 e. The van der Waals surface area contributed by atoms with Crippen LogP contribution < -0.4 is 0 Å². The molecule has 0 amide bonds. The topological polar surface area (TPSA) is 52.8 Å². The van der Waals surface area contributed by atoms with Gasteiger partial charge in [0.2, 0.25) is 5.16 Å². The van der Waals surface area contributed by atoms with Crippen LogP contribution in [0.25, 0.3) is 5.69 Å². The second kappa shape index (κ2) is 5.62. The van der Waals surface area contributed by atoms with Crippen molar-refractivity contribution in [2.24, 2.45) is 0 Å². The number of hydrogen-bond donors (Lipinski definition) is 0. The zero-order valence-electron chi connectivity index (χ0n) is 8.91. The van der Waals surface area contributed by atoms with Gasteiger partial charge in [0.1, 0.15) is 0 Å². The van der Waals surface area contributed by atoms with Gasteiger partial charge in [-0.15, -0.1) is 5.10 Å². The van der Waals surface area contributed by atoms with Gasteiger partial charge >= 0.3 is 0 Å². The Morgan fingerprint density at radius 1 is 1.31 bits per heavy atom. The third-order valence-corrected chi connectivity index (χ3v) is 2.84. The zero-order chi connectivity index (χ0) is 11.2. The Morgan fingerprint density at radius 3 is 2.88 bits per heavy atom. The lowest BCUT2D eigenvalue weighted by Crippen LogP contribution is -2.00. The van der Waals surface area contributed by atoms with Crippen LogP contribution >= 0.6 is 11.8 Å². The summed E-state index contributed by atoms with van der Waals surface area (Å²) < 4.78 is 6.71. The molecular weight excluding hydrogens is 224 g/mol. The third-order valence-electron chi connectivity index (χ3n) is 1.96. The molecule has 0 radical (unpaired) electrons. The molecule has 1 aromatic heterocycles. The van der Waals surface area contributed by atoms with E-state index in [1.54, 1.807) is 23.6 Å². The van der Waals surface area contributed by atoms with Crippen LogP contribution in [0.1, 0.15) is 0 Å². The number of ether oxygens (including phenoxy) is 1. The number of rotatable bonds is 5. The summed E-state index contributed by atoms with van der Waals surface area (Å²) in [6.45, 7) is 0.687. The predicted molar refractivity (Wildman–Crippen MR) is 61.8 cm³/mol. The van der Waals surface area contributed by atoms with Gasteiger partial charge < -0.3 is 4.74 Å². The van der Waals surface area contributed by atoms with Gasteiger partial charge in [-0.3, -0.25) is 0 Å². The van der Waals surface area contributed by atoms with E-state index in [2.05, 4.69) is 15.5 Å². The number of tetrazole rings is 1. The van der Waals surface area contributed by atoms with Crippen molar-refractivity contribution in [3.05, 3.63) is 30.3 Å². The molecule has 0 unspecified atom stereocenters. The van der Waals surface area contributed by atoms with Gasteiger partial charge in [0, 0.05) is 12.9 Å². The van der Waals surface area contributed by atoms with Gasteiger partial charge in [-0.25, -0.2) is 0 Å². The first-order valence-corrected chi connectivity index (χ1v) is 5.86. The number of para-hydroxylation sites is 1. The Morgan fingerprint density at radius 2 is 2.12 bits per heavy atom. The molecule has 0 aliphatic rings. The first-order chi connectivity index (χ1) is 7.92. The first-order valence-electron chi connectivity index (χ1n) is 4.87. The molecule has 0 fully saturated rings. The summed E-state index contributed by atoms with van der Waals surface area (Å²) in [5.74, 6) is 0.837. The van der Waals surface area contributed by atoms with E-state index in [-0.39, 0.29) is 0 Å². The second-order valence-corrected chi connectivity index (χ2v) is 4.11. The van der Waals surface area contributed by atoms with Crippen molar-refractivity contribution >= 4 is 11.8 Å². The highest BCUT2D eigenvalue weighted by molar-refractivity contribution is 7.99. The van der Waals surface area contributed by atoms with E-state index < -0.39 is 0 Å². The van der Waals surface area contributed by atoms with Crippen molar-refractivity contribution in [2.45, 2.75) is 5.16 Å². The molecule has 2 aromatic rings. The molecule has 1 heterocycles. The van der Waals surface area contributed by atoms with Crippen molar-refractivity contribution in [3.63, 3.8) is 0 Å². The number of hydrogen-bond acceptors (Lipinski definition) is 5. The lowest BCUT2D eigenvalue weighted by Gasteiger charge is -2.03. The first kappa shape index (κ1) is 11.1. The standard InChI is InChI=1S/C10H12N4OS/c1-15-7-8-16-10-11-12-13-14(10)9-5-3-2-4-6-9/h2-6H,7-8H2,1H3. The van der Waals surface area contributed by atoms with Crippen LogP contribution in [0, 0.1) is 0 Å². The summed E-state index contributed by atoms with van der Waals surface area (Å²) in [6, 6.07) is 9.82. The second-order valence-electron chi connectivity index (χ2n) is 3.05. The van der Waals surface area contributed by atoms with Crippen LogP contribution in [0.2, 0.25) is 0 Å². The SMILES string of the molecule is COCCSc1nnnn1-c1ccccc1. The van der Waals surface area contributed by atoms with E-state index in [9.17, 15) is 0 Å². The number of nitrogens with zero attached hydrogens (tertiary/aromatic N) is 4. The highest BCUT2D eigenvalue weighted by atomic mass is 32.2. The molecule has 0 aliphatic heterocycles. The minimum Gasteiger partial charge on any atom is -0.384 e. The average Bonchev–Trinajstić information content (AvgIpc) is 2.79. The molecule has 84 valence electrons. The molecule has 0 aliphatic carbocycles. The summed E-state index contributed by atoms with van der Waals surface area (Å²) in [5, 5.41) is 12.4. The minimum absolute atomic E-state index is 0.687. The Bertz CT molecular complexity index is 431. The van der Waals surface area contributed by atoms with Crippen LogP contribution in [0.5, 0.6) is 0 Å². The van der Waals surface area contributed by atoms with E-state index in [1.807, 2.05) is 30.3 Å². The Kier molecular flexibility index (Phi) is 3.90. The van der Waals surface area contributed by atoms with Gasteiger partial charge in [-0.1, -0.05) is 30.0 Å². The number of benzene rings is 1. The summed E-state index contributed by atoms with van der Waals surface area (Å²) in [6.07, 6.45) is 0. The van der Waals surface area contributed by atoms with Crippen molar-refractivity contribution in [3.8, 4) is 5.69 Å². The molecule has 0 saturated heterocycles. The van der Waals surface area contributed by atoms with Crippen LogP contribution in [0.4, 0.5) is 0 Å². The summed E-state index contributed by atoms with van der Waals surface area (Å²) in [4.78, 5) is 0. The van der Waals surface area contributed by atoms with Crippen molar-refractivity contribution in [2.75, 3.05) is 19.5 Å². The van der Waals surface area contributed by atoms with Gasteiger partial charge in [0.25, 0.3) is 0 Å². The zero-order valence-corrected chi connectivity index (χ0v) is 9.72. The van der Waals surface area contributed by atoms with E-state index in [0.29, 0.717) is 6.61 Å². The molecule has 16 heavy (non-hydrogen) atoms. The third kappa shape index (κ3) is 2.59. The maximum Gasteiger partial charge on any atom is 0.214 e. The summed E-state index contributed by atoms with van der Waals surface area (Å²) in [7, 11) is 1.68. The largest absolute Gasteiger partial charge is 0.384 e. The molecule has 0 N–H and O–H groups in total. The fourth-order valence-electron chi connectivity index (χ4n) is 1.22. The van der Waals surface area contributed by atoms with E-state index in [4.69, 9.17) is 4.74 Å². The number of thioether (sulfide) groups is 1. The van der Waals surface area contributed by atoms with Crippen molar-refractivity contribution < 1.29 is 4.74 Å². The Balaban J connectivity index is 2.13. The summed E-state index contributed by atoms with van der Waals surface area (Å²) in [5.41, 5.74) is 0.965. The molecule has 6 heteroatoms. The highest BCUT2D eigenvalue weighted by Crippen LogP contribution is 2.17. The molecule has 0 bridgehead atoms. The molecular formula is C10H12N4OS. The lowest BCUT2D eigenvalue weighted by atomic mass is 10.3. The molecule has 2 rings (SSSR count). The molecule has 0 saturated carbocycles. The van der Waals surface area contributed by atoms with Gasteiger partial charge in [0.15, 0.2) is 0 Å². The van der Waals surface area contributed by atoms with Crippen molar-refractivity contribution in [1.29, 1.82) is 0 Å². The fourth-order valence-corrected chi connectivity index (χ4v) is 2.01. The molecule has 5 nitrogen and oxygen atoms in total. The lowest BCUT2D eigenvalue weighted by molar-refractivity contribution is 0.218. The highest BCUT2D eigenvalue weighted by Gasteiger charge is 2.07. The molecule has 0 spiro atoms.